The number of hydrogen-bond donors (Lipinski definition) is 2. The predicted molar refractivity (Wildman–Crippen MR) is 79.5 cm³/mol. The molecule has 20 heavy (non-hydrogen) atoms. The minimum absolute atomic E-state index is 0.486. The summed E-state index contributed by atoms with van der Waals surface area (Å²) in [4.78, 5) is 12.7. The Morgan fingerprint density at radius 3 is 1.95 bits per heavy atom. The van der Waals surface area contributed by atoms with Crippen LogP contribution in [-0.4, -0.2) is 15.0 Å². The molecule has 0 aliphatic carbocycles. The number of nitrogen functional groups attached to an aromatic ring is 2. The molecular weight excluding hydrogens is 250 g/mol. The third-order valence-corrected chi connectivity index (χ3v) is 2.96. The highest BCUT2D eigenvalue weighted by atomic mass is 14.8. The zero-order valence-electron chi connectivity index (χ0n) is 10.7. The van der Waals surface area contributed by atoms with Gasteiger partial charge < -0.3 is 11.5 Å². The van der Waals surface area contributed by atoms with Crippen molar-refractivity contribution in [3.05, 3.63) is 55.0 Å². The molecule has 0 saturated heterocycles. The van der Waals surface area contributed by atoms with Crippen LogP contribution < -0.4 is 11.5 Å². The summed E-state index contributed by atoms with van der Waals surface area (Å²) in [6, 6.07) is 11.2. The maximum atomic E-state index is 5.62. The van der Waals surface area contributed by atoms with Crippen LogP contribution in [0.3, 0.4) is 0 Å². The lowest BCUT2D eigenvalue weighted by atomic mass is 10.0. The topological polar surface area (TPSA) is 90.7 Å². The van der Waals surface area contributed by atoms with E-state index in [4.69, 9.17) is 11.5 Å². The van der Waals surface area contributed by atoms with Gasteiger partial charge in [-0.3, -0.25) is 4.98 Å². The zero-order chi connectivity index (χ0) is 13.9. The zero-order valence-corrected chi connectivity index (χ0v) is 10.7. The number of rotatable bonds is 2. The highest BCUT2D eigenvalue weighted by Crippen LogP contribution is 2.29. The van der Waals surface area contributed by atoms with E-state index >= 15 is 0 Å². The van der Waals surface area contributed by atoms with Gasteiger partial charge in [0.15, 0.2) is 0 Å². The van der Waals surface area contributed by atoms with Gasteiger partial charge in [-0.2, -0.15) is 0 Å². The van der Waals surface area contributed by atoms with Crippen LogP contribution in [0.5, 0.6) is 0 Å². The largest absolute Gasteiger partial charge is 0.384 e. The fourth-order valence-electron chi connectivity index (χ4n) is 1.98. The van der Waals surface area contributed by atoms with E-state index in [-0.39, 0.29) is 0 Å². The SMILES string of the molecule is Nc1ccc(-c2cccnc2-c2ccc(N)nc2)cn1. The summed E-state index contributed by atoms with van der Waals surface area (Å²) < 4.78 is 0. The Bertz CT molecular complexity index is 656. The summed E-state index contributed by atoms with van der Waals surface area (Å²) in [6.45, 7) is 0. The lowest BCUT2D eigenvalue weighted by molar-refractivity contribution is 1.27. The minimum Gasteiger partial charge on any atom is -0.384 e. The molecule has 0 aliphatic rings. The first-order valence-corrected chi connectivity index (χ1v) is 6.13. The van der Waals surface area contributed by atoms with E-state index in [2.05, 4.69) is 15.0 Å². The van der Waals surface area contributed by atoms with Gasteiger partial charge in [-0.25, -0.2) is 9.97 Å². The Balaban J connectivity index is 2.13. The first-order valence-electron chi connectivity index (χ1n) is 6.13. The van der Waals surface area contributed by atoms with Gasteiger partial charge in [0, 0.05) is 35.3 Å². The van der Waals surface area contributed by atoms with E-state index in [1.165, 1.54) is 0 Å². The molecule has 0 fully saturated rings. The fraction of sp³-hybridized carbons (Fsp3) is 0. The minimum atomic E-state index is 0.486. The second kappa shape index (κ2) is 4.97. The van der Waals surface area contributed by atoms with Crippen molar-refractivity contribution in [1.29, 1.82) is 0 Å². The van der Waals surface area contributed by atoms with E-state index in [0.717, 1.165) is 22.4 Å². The van der Waals surface area contributed by atoms with Crippen molar-refractivity contribution >= 4 is 11.6 Å². The van der Waals surface area contributed by atoms with Crippen LogP contribution in [0.15, 0.2) is 55.0 Å². The number of nitrogens with zero attached hydrogens (tertiary/aromatic N) is 3. The van der Waals surface area contributed by atoms with E-state index < -0.39 is 0 Å². The first kappa shape index (κ1) is 12.1. The molecule has 3 rings (SSSR count). The number of pyridine rings is 3. The number of hydrogen-bond acceptors (Lipinski definition) is 5. The second-order valence-corrected chi connectivity index (χ2v) is 4.34. The van der Waals surface area contributed by atoms with Crippen molar-refractivity contribution in [3.8, 4) is 22.4 Å². The highest BCUT2D eigenvalue weighted by Gasteiger charge is 2.09. The summed E-state index contributed by atoms with van der Waals surface area (Å²) in [5, 5.41) is 0. The van der Waals surface area contributed by atoms with Gasteiger partial charge in [-0.15, -0.1) is 0 Å². The van der Waals surface area contributed by atoms with Gasteiger partial charge in [0.05, 0.1) is 5.69 Å². The van der Waals surface area contributed by atoms with Gasteiger partial charge in [-0.1, -0.05) is 6.07 Å². The number of nitrogens with two attached hydrogens (primary N) is 2. The van der Waals surface area contributed by atoms with E-state index in [9.17, 15) is 0 Å². The molecule has 0 radical (unpaired) electrons. The Kier molecular flexibility index (Phi) is 3.01. The molecule has 0 spiro atoms. The van der Waals surface area contributed by atoms with E-state index in [1.54, 1.807) is 30.7 Å². The molecule has 0 atom stereocenters. The molecule has 98 valence electrons. The molecule has 3 aromatic heterocycles. The summed E-state index contributed by atoms with van der Waals surface area (Å²) in [7, 11) is 0. The van der Waals surface area contributed by atoms with Crippen LogP contribution in [0.4, 0.5) is 11.6 Å². The molecular formula is C15H13N5. The smallest absolute Gasteiger partial charge is 0.123 e. The van der Waals surface area contributed by atoms with Crippen molar-refractivity contribution in [3.63, 3.8) is 0 Å². The van der Waals surface area contributed by atoms with Crippen molar-refractivity contribution in [2.75, 3.05) is 11.5 Å². The lowest BCUT2D eigenvalue weighted by Crippen LogP contribution is -1.94. The average molecular weight is 263 g/mol. The second-order valence-electron chi connectivity index (χ2n) is 4.34. The summed E-state index contributed by atoms with van der Waals surface area (Å²) in [5.41, 5.74) is 14.9. The maximum Gasteiger partial charge on any atom is 0.123 e. The quantitative estimate of drug-likeness (QED) is 0.740. The molecule has 0 aliphatic heterocycles. The fourth-order valence-corrected chi connectivity index (χ4v) is 1.98. The Morgan fingerprint density at radius 2 is 1.35 bits per heavy atom. The Labute approximate surface area is 116 Å². The lowest BCUT2D eigenvalue weighted by Gasteiger charge is -2.08. The van der Waals surface area contributed by atoms with E-state index in [0.29, 0.717) is 11.6 Å². The molecule has 4 N–H and O–H groups in total. The van der Waals surface area contributed by atoms with Gasteiger partial charge in [-0.05, 0) is 30.3 Å². The van der Waals surface area contributed by atoms with E-state index in [1.807, 2.05) is 24.3 Å². The molecule has 5 heteroatoms. The summed E-state index contributed by atoms with van der Waals surface area (Å²) >= 11 is 0. The normalized spacial score (nSPS) is 10.4. The monoisotopic (exact) mass is 263 g/mol. The maximum absolute atomic E-state index is 5.62. The van der Waals surface area contributed by atoms with Gasteiger partial charge >= 0.3 is 0 Å². The van der Waals surface area contributed by atoms with Gasteiger partial charge in [0.25, 0.3) is 0 Å². The van der Waals surface area contributed by atoms with Crippen LogP contribution in [-0.2, 0) is 0 Å². The summed E-state index contributed by atoms with van der Waals surface area (Å²) in [5.74, 6) is 0.980. The van der Waals surface area contributed by atoms with Crippen LogP contribution >= 0.6 is 0 Å². The Morgan fingerprint density at radius 1 is 0.700 bits per heavy atom. The number of aromatic nitrogens is 3. The molecule has 3 aromatic rings. The van der Waals surface area contributed by atoms with Crippen LogP contribution in [0.2, 0.25) is 0 Å². The van der Waals surface area contributed by atoms with Crippen molar-refractivity contribution in [1.82, 2.24) is 15.0 Å². The summed E-state index contributed by atoms with van der Waals surface area (Å²) in [6.07, 6.45) is 5.20. The van der Waals surface area contributed by atoms with Crippen LogP contribution in [0, 0.1) is 0 Å². The van der Waals surface area contributed by atoms with Crippen molar-refractivity contribution < 1.29 is 0 Å². The molecule has 0 saturated carbocycles. The first-order chi connectivity index (χ1) is 9.74. The molecule has 0 aromatic carbocycles. The van der Waals surface area contributed by atoms with Crippen LogP contribution in [0.1, 0.15) is 0 Å². The van der Waals surface area contributed by atoms with Crippen LogP contribution in [0.25, 0.3) is 22.4 Å². The predicted octanol–water partition coefficient (Wildman–Crippen LogP) is 2.37. The molecule has 0 bridgehead atoms. The molecule has 5 nitrogen and oxygen atoms in total. The Hall–Kier alpha value is -2.95. The molecule has 0 unspecified atom stereocenters. The third kappa shape index (κ3) is 2.29. The highest BCUT2D eigenvalue weighted by molar-refractivity contribution is 5.80. The van der Waals surface area contributed by atoms with Crippen molar-refractivity contribution in [2.24, 2.45) is 0 Å². The third-order valence-electron chi connectivity index (χ3n) is 2.96. The standard InChI is InChI=1S/C15H13N5/c16-13-5-3-10(8-19-13)12-2-1-7-18-15(12)11-4-6-14(17)20-9-11/h1-9H,(H2,16,19)(H2,17,20). The molecule has 0 amide bonds. The van der Waals surface area contributed by atoms with Gasteiger partial charge in [0.1, 0.15) is 11.6 Å². The molecule has 3 heterocycles. The average Bonchev–Trinajstić information content (AvgIpc) is 2.49. The number of anilines is 2. The van der Waals surface area contributed by atoms with Crippen molar-refractivity contribution in [2.45, 2.75) is 0 Å². The van der Waals surface area contributed by atoms with Gasteiger partial charge in [0.2, 0.25) is 0 Å².